The minimum atomic E-state index is -3.59. The van der Waals surface area contributed by atoms with Crippen LogP contribution in [0.3, 0.4) is 0 Å². The summed E-state index contributed by atoms with van der Waals surface area (Å²) in [4.78, 5) is 0. The molecule has 0 aromatic heterocycles. The van der Waals surface area contributed by atoms with Gasteiger partial charge in [0.1, 0.15) is 0 Å². The fourth-order valence-corrected chi connectivity index (χ4v) is 1.43. The fourth-order valence-electron chi connectivity index (χ4n) is 0.862. The van der Waals surface area contributed by atoms with E-state index in [1.54, 1.807) is 0 Å². The van der Waals surface area contributed by atoms with Gasteiger partial charge < -0.3 is 0 Å². The van der Waals surface area contributed by atoms with Crippen LogP contribution in [0.2, 0.25) is 0 Å². The molecule has 74 valence electrons. The maximum Gasteiger partial charge on any atom is 0.0667 e. The molecule has 0 radical (unpaired) electrons. The smallest absolute Gasteiger partial charge is 0.0667 e. The highest BCUT2D eigenvalue weighted by Gasteiger charge is 2.27. The Kier molecular flexibility index (Phi) is 4.72. The summed E-state index contributed by atoms with van der Waals surface area (Å²) in [6.45, 7) is 1.43. The Balaban J connectivity index is 4.13. The van der Waals surface area contributed by atoms with Gasteiger partial charge in [-0.15, -0.1) is 0 Å². The molecule has 0 N–H and O–H groups in total. The van der Waals surface area contributed by atoms with Gasteiger partial charge in [-0.05, 0) is 6.42 Å². The summed E-state index contributed by atoms with van der Waals surface area (Å²) in [5.74, 6) is -0.557. The lowest BCUT2D eigenvalue weighted by atomic mass is 10.0. The van der Waals surface area contributed by atoms with Gasteiger partial charge in [0.05, 0.1) is 35.3 Å². The van der Waals surface area contributed by atoms with Crippen molar-refractivity contribution in [2.24, 2.45) is 5.92 Å². The van der Waals surface area contributed by atoms with E-state index in [9.17, 15) is 7.77 Å². The summed E-state index contributed by atoms with van der Waals surface area (Å²) in [6, 6.07) is 3.68. The predicted octanol–water partition coefficient (Wildman–Crippen LogP) is 3.02. The zero-order valence-corrected chi connectivity index (χ0v) is 8.44. The molecule has 5 heteroatoms. The molecular weight excluding hydrogens is 194 g/mol. The molecular formula is C8H12F2N2S. The van der Waals surface area contributed by atoms with Crippen LogP contribution in [0.25, 0.3) is 0 Å². The summed E-state index contributed by atoms with van der Waals surface area (Å²) in [6.07, 6.45) is 1.07. The summed E-state index contributed by atoms with van der Waals surface area (Å²) in [7, 11) is -3.59. The lowest BCUT2D eigenvalue weighted by Gasteiger charge is -2.24. The summed E-state index contributed by atoms with van der Waals surface area (Å²) in [5, 5.41) is 16.1. The van der Waals surface area contributed by atoms with Gasteiger partial charge in [-0.2, -0.15) is 18.3 Å². The van der Waals surface area contributed by atoms with Crippen molar-refractivity contribution in [2.75, 3.05) is 6.26 Å². The molecule has 0 saturated carbocycles. The van der Waals surface area contributed by atoms with Gasteiger partial charge in [0.2, 0.25) is 0 Å². The molecule has 0 aliphatic heterocycles. The van der Waals surface area contributed by atoms with Gasteiger partial charge >= 0.3 is 0 Å². The summed E-state index contributed by atoms with van der Waals surface area (Å²) >= 11 is 0. The first kappa shape index (κ1) is 12.2. The molecule has 0 aliphatic rings. The maximum absolute atomic E-state index is 12.7. The molecule has 0 fully saturated rings. The molecule has 0 aliphatic carbocycles. The third-order valence-corrected chi connectivity index (χ3v) is 3.45. The van der Waals surface area contributed by atoms with E-state index in [2.05, 4.69) is 0 Å². The molecule has 0 amide bonds. The summed E-state index contributed by atoms with van der Waals surface area (Å²) < 4.78 is 25.5. The molecule has 0 bridgehead atoms. The second-order valence-corrected chi connectivity index (χ2v) is 5.38. The lowest BCUT2D eigenvalue weighted by molar-refractivity contribution is 0.584. The van der Waals surface area contributed by atoms with Crippen LogP contribution in [0, 0.1) is 28.6 Å². The molecule has 0 spiro atoms. The Morgan fingerprint density at radius 3 is 2.23 bits per heavy atom. The molecule has 2 nitrogen and oxygen atoms in total. The minimum absolute atomic E-state index is 0.0381. The minimum Gasteiger partial charge on any atom is -0.198 e. The highest BCUT2D eigenvalue weighted by Crippen LogP contribution is 2.54. The molecule has 2 unspecified atom stereocenters. The van der Waals surface area contributed by atoms with E-state index in [0.29, 0.717) is 0 Å². The van der Waals surface area contributed by atoms with Crippen molar-refractivity contribution in [1.29, 1.82) is 10.5 Å². The van der Waals surface area contributed by atoms with Gasteiger partial charge in [0, 0.05) is 11.5 Å². The SMILES string of the molecule is CC(CC(C#N)CC#N)S(C)(F)F. The average Bonchev–Trinajstić information content (AvgIpc) is 2.01. The fraction of sp³-hybridized carbons (Fsp3) is 0.750. The van der Waals surface area contributed by atoms with E-state index in [-0.39, 0.29) is 12.8 Å². The maximum atomic E-state index is 12.7. The normalized spacial score (nSPS) is 16.8. The molecule has 0 heterocycles. The van der Waals surface area contributed by atoms with Gasteiger partial charge in [0.15, 0.2) is 0 Å². The van der Waals surface area contributed by atoms with Crippen LogP contribution in [-0.4, -0.2) is 11.5 Å². The molecule has 0 rings (SSSR count). The zero-order chi connectivity index (χ0) is 10.5. The summed E-state index contributed by atoms with van der Waals surface area (Å²) in [5.41, 5.74) is 0. The van der Waals surface area contributed by atoms with Crippen LogP contribution in [0.1, 0.15) is 19.8 Å². The number of nitrogens with zero attached hydrogens (tertiary/aromatic N) is 2. The molecule has 0 aromatic rings. The van der Waals surface area contributed by atoms with Gasteiger partial charge in [0.25, 0.3) is 0 Å². The van der Waals surface area contributed by atoms with Gasteiger partial charge in [-0.1, -0.05) is 6.92 Å². The highest BCUT2D eigenvalue weighted by atomic mass is 32.3. The molecule has 2 atom stereocenters. The number of nitriles is 2. The number of hydrogen-bond acceptors (Lipinski definition) is 2. The van der Waals surface area contributed by atoms with Crippen LogP contribution in [0.15, 0.2) is 0 Å². The lowest BCUT2D eigenvalue weighted by Crippen LogP contribution is -2.11. The van der Waals surface area contributed by atoms with Crippen LogP contribution in [-0.2, 0) is 0 Å². The van der Waals surface area contributed by atoms with E-state index in [4.69, 9.17) is 10.5 Å². The van der Waals surface area contributed by atoms with Crippen LogP contribution < -0.4 is 0 Å². The van der Waals surface area contributed by atoms with E-state index in [1.165, 1.54) is 6.92 Å². The third-order valence-electron chi connectivity index (χ3n) is 1.84. The van der Waals surface area contributed by atoms with Crippen molar-refractivity contribution in [1.82, 2.24) is 0 Å². The van der Waals surface area contributed by atoms with E-state index in [0.717, 1.165) is 6.26 Å². The molecule has 13 heavy (non-hydrogen) atoms. The van der Waals surface area contributed by atoms with Gasteiger partial charge in [-0.25, -0.2) is 0 Å². The topological polar surface area (TPSA) is 47.6 Å². The second-order valence-electron chi connectivity index (χ2n) is 3.02. The van der Waals surface area contributed by atoms with Crippen LogP contribution in [0.5, 0.6) is 0 Å². The highest BCUT2D eigenvalue weighted by molar-refractivity contribution is 8.25. The Morgan fingerprint density at radius 1 is 1.38 bits per heavy atom. The third kappa shape index (κ3) is 4.69. The number of hydrogen-bond donors (Lipinski definition) is 0. The van der Waals surface area contributed by atoms with Crippen LogP contribution >= 0.6 is 10.8 Å². The van der Waals surface area contributed by atoms with Crippen molar-refractivity contribution in [3.05, 3.63) is 0 Å². The second kappa shape index (κ2) is 5.04. The molecule has 0 aromatic carbocycles. The Hall–Kier alpha value is -0.810. The first-order valence-electron chi connectivity index (χ1n) is 3.84. The molecule has 0 saturated heterocycles. The first-order chi connectivity index (χ1) is 5.91. The average molecular weight is 206 g/mol. The van der Waals surface area contributed by atoms with Crippen molar-refractivity contribution < 1.29 is 7.77 Å². The number of rotatable bonds is 4. The van der Waals surface area contributed by atoms with E-state index in [1.807, 2.05) is 12.1 Å². The van der Waals surface area contributed by atoms with E-state index < -0.39 is 22.0 Å². The monoisotopic (exact) mass is 206 g/mol. The largest absolute Gasteiger partial charge is 0.198 e. The van der Waals surface area contributed by atoms with Crippen molar-refractivity contribution in [3.8, 4) is 12.1 Å². The standard InChI is InChI=1S/C8H12F2N2S/c1-7(13(2,9)10)5-8(6-12)3-4-11/h7-8H,3,5H2,1-2H3. The number of halogens is 2. The quantitative estimate of drug-likeness (QED) is 0.709. The van der Waals surface area contributed by atoms with Gasteiger partial charge in [-0.3, -0.25) is 0 Å². The Morgan fingerprint density at radius 2 is 1.92 bits per heavy atom. The first-order valence-corrected chi connectivity index (χ1v) is 5.75. The Bertz CT molecular complexity index is 236. The Labute approximate surface area is 79.1 Å². The van der Waals surface area contributed by atoms with E-state index >= 15 is 0 Å². The van der Waals surface area contributed by atoms with Crippen molar-refractivity contribution in [3.63, 3.8) is 0 Å². The zero-order valence-electron chi connectivity index (χ0n) is 7.63. The van der Waals surface area contributed by atoms with Crippen molar-refractivity contribution in [2.45, 2.75) is 25.0 Å². The van der Waals surface area contributed by atoms with Crippen LogP contribution in [0.4, 0.5) is 7.77 Å². The van der Waals surface area contributed by atoms with Crippen molar-refractivity contribution >= 4 is 10.8 Å². The predicted molar refractivity (Wildman–Crippen MR) is 49.1 cm³/mol.